The van der Waals surface area contributed by atoms with Crippen LogP contribution in [0.25, 0.3) is 12.2 Å². The molecular weight excluding hydrogens is 484 g/mol. The molecule has 0 saturated carbocycles. The molecule has 37 heavy (non-hydrogen) atoms. The topological polar surface area (TPSA) is 130 Å². The van der Waals surface area contributed by atoms with Crippen molar-refractivity contribution in [1.29, 1.82) is 0 Å². The largest absolute Gasteiger partial charge is 0.493 e. The van der Waals surface area contributed by atoms with Crippen LogP contribution in [0.15, 0.2) is 36.4 Å². The summed E-state index contributed by atoms with van der Waals surface area (Å²) in [6, 6.07) is 6.70. The van der Waals surface area contributed by atoms with Crippen LogP contribution < -0.4 is 28.4 Å². The number of benzene rings is 2. The average molecular weight is 517 g/mol. The van der Waals surface area contributed by atoms with Gasteiger partial charge in [0, 0.05) is 12.2 Å². The number of hydrogen-bond donors (Lipinski definition) is 2. The van der Waals surface area contributed by atoms with Crippen molar-refractivity contribution in [3.05, 3.63) is 47.5 Å². The van der Waals surface area contributed by atoms with Crippen molar-refractivity contribution in [1.82, 2.24) is 0 Å². The van der Waals surface area contributed by atoms with Crippen LogP contribution in [0.3, 0.4) is 0 Å². The first kappa shape index (κ1) is 28.9. The Kier molecular flexibility index (Phi) is 11.7. The van der Waals surface area contributed by atoms with E-state index in [1.807, 2.05) is 0 Å². The Bertz CT molecular complexity index is 983. The Hall–Kier alpha value is -4.34. The van der Waals surface area contributed by atoms with E-state index in [9.17, 15) is 9.59 Å². The van der Waals surface area contributed by atoms with E-state index in [1.54, 1.807) is 24.3 Å². The summed E-state index contributed by atoms with van der Waals surface area (Å²) in [5.41, 5.74) is 1.22. The third-order valence-corrected chi connectivity index (χ3v) is 5.08. The molecular formula is C27H32O10. The standard InChI is InChI=1S/C27H32O10/c1-32-20-14-18(8-10-24(28)29)15-21(33-2)26(20)36-12-6-5-7-13-37-27-22(34-3)16-19(9-11-25(30)31)17-23(27)35-4/h8-11,14-17H,5-7,12-13H2,1-4H3,(H,28,29)(H,30,31)/b10-8+,11-9+. The number of unbranched alkanes of at least 4 members (excludes halogenated alkanes) is 2. The van der Waals surface area contributed by atoms with E-state index in [4.69, 9.17) is 38.6 Å². The van der Waals surface area contributed by atoms with Crippen LogP contribution in [0.1, 0.15) is 30.4 Å². The average Bonchev–Trinajstić information content (AvgIpc) is 2.89. The molecule has 0 fully saturated rings. The van der Waals surface area contributed by atoms with Gasteiger partial charge in [0.1, 0.15) is 0 Å². The highest BCUT2D eigenvalue weighted by atomic mass is 16.5. The van der Waals surface area contributed by atoms with Gasteiger partial charge >= 0.3 is 11.9 Å². The molecule has 2 N–H and O–H groups in total. The van der Waals surface area contributed by atoms with E-state index in [0.717, 1.165) is 31.4 Å². The molecule has 0 aliphatic heterocycles. The fraction of sp³-hybridized carbons (Fsp3) is 0.333. The number of ether oxygens (including phenoxy) is 6. The summed E-state index contributed by atoms with van der Waals surface area (Å²) in [6.07, 6.45) is 7.25. The SMILES string of the molecule is COc1cc(/C=C/C(=O)O)cc(OC)c1OCCCCCOc1c(OC)cc(/C=C/C(=O)O)cc1OC. The van der Waals surface area contributed by atoms with Gasteiger partial charge in [0.2, 0.25) is 11.5 Å². The molecule has 0 bridgehead atoms. The van der Waals surface area contributed by atoms with Crippen LogP contribution in [0.5, 0.6) is 34.5 Å². The summed E-state index contributed by atoms with van der Waals surface area (Å²) < 4.78 is 33.4. The van der Waals surface area contributed by atoms with Crippen LogP contribution in [0.4, 0.5) is 0 Å². The van der Waals surface area contributed by atoms with E-state index in [1.165, 1.54) is 40.6 Å². The predicted molar refractivity (Wildman–Crippen MR) is 137 cm³/mol. The lowest BCUT2D eigenvalue weighted by Gasteiger charge is -2.16. The van der Waals surface area contributed by atoms with Crippen LogP contribution in [0.2, 0.25) is 0 Å². The smallest absolute Gasteiger partial charge is 0.328 e. The highest BCUT2D eigenvalue weighted by Crippen LogP contribution is 2.40. The zero-order valence-electron chi connectivity index (χ0n) is 21.3. The first-order valence-electron chi connectivity index (χ1n) is 11.4. The summed E-state index contributed by atoms with van der Waals surface area (Å²) in [5, 5.41) is 17.7. The van der Waals surface area contributed by atoms with Crippen LogP contribution in [-0.2, 0) is 9.59 Å². The lowest BCUT2D eigenvalue weighted by molar-refractivity contribution is -0.132. The summed E-state index contributed by atoms with van der Waals surface area (Å²) in [5.74, 6) is 0.540. The van der Waals surface area contributed by atoms with Gasteiger partial charge in [-0.1, -0.05) is 0 Å². The second-order valence-corrected chi connectivity index (χ2v) is 7.61. The zero-order valence-corrected chi connectivity index (χ0v) is 21.3. The molecule has 0 aliphatic carbocycles. The fourth-order valence-electron chi connectivity index (χ4n) is 3.34. The molecule has 0 atom stereocenters. The Morgan fingerprint density at radius 1 is 0.622 bits per heavy atom. The maximum absolute atomic E-state index is 10.8. The molecule has 2 aromatic rings. The number of hydrogen-bond acceptors (Lipinski definition) is 8. The summed E-state index contributed by atoms with van der Waals surface area (Å²) >= 11 is 0. The van der Waals surface area contributed by atoms with Gasteiger partial charge in [0.15, 0.2) is 23.0 Å². The van der Waals surface area contributed by atoms with Crippen LogP contribution in [0, 0.1) is 0 Å². The fourth-order valence-corrected chi connectivity index (χ4v) is 3.34. The normalized spacial score (nSPS) is 10.9. The minimum Gasteiger partial charge on any atom is -0.493 e. The van der Waals surface area contributed by atoms with Crippen molar-refractivity contribution < 1.29 is 48.2 Å². The van der Waals surface area contributed by atoms with Gasteiger partial charge in [-0.05, 0) is 66.8 Å². The molecule has 0 saturated heterocycles. The first-order valence-corrected chi connectivity index (χ1v) is 11.4. The van der Waals surface area contributed by atoms with Gasteiger partial charge in [-0.2, -0.15) is 0 Å². The zero-order chi connectivity index (χ0) is 27.2. The monoisotopic (exact) mass is 516 g/mol. The lowest BCUT2D eigenvalue weighted by atomic mass is 10.1. The maximum Gasteiger partial charge on any atom is 0.328 e. The molecule has 2 aromatic carbocycles. The number of carboxylic acid groups (broad SMARTS) is 2. The molecule has 0 spiro atoms. The Morgan fingerprint density at radius 3 is 1.22 bits per heavy atom. The van der Waals surface area contributed by atoms with Crippen LogP contribution >= 0.6 is 0 Å². The Morgan fingerprint density at radius 2 is 0.946 bits per heavy atom. The van der Waals surface area contributed by atoms with Gasteiger partial charge in [-0.25, -0.2) is 9.59 Å². The van der Waals surface area contributed by atoms with Gasteiger partial charge in [0.05, 0.1) is 41.7 Å². The summed E-state index contributed by atoms with van der Waals surface area (Å²) in [7, 11) is 6.00. The second-order valence-electron chi connectivity index (χ2n) is 7.61. The maximum atomic E-state index is 10.8. The minimum atomic E-state index is -1.05. The second kappa shape index (κ2) is 14.9. The van der Waals surface area contributed by atoms with E-state index in [2.05, 4.69) is 0 Å². The number of carbonyl (C=O) groups is 2. The molecule has 10 heteroatoms. The number of aliphatic carboxylic acids is 2. The van der Waals surface area contributed by atoms with E-state index in [0.29, 0.717) is 58.8 Å². The van der Waals surface area contributed by atoms with E-state index in [-0.39, 0.29) is 0 Å². The third kappa shape index (κ3) is 8.99. The highest BCUT2D eigenvalue weighted by molar-refractivity contribution is 5.86. The van der Waals surface area contributed by atoms with Crippen molar-refractivity contribution in [2.45, 2.75) is 19.3 Å². The Labute approximate surface area is 215 Å². The Balaban J connectivity index is 1.92. The van der Waals surface area contributed by atoms with E-state index < -0.39 is 11.9 Å². The molecule has 0 heterocycles. The lowest BCUT2D eigenvalue weighted by Crippen LogP contribution is -2.04. The summed E-state index contributed by atoms with van der Waals surface area (Å²) in [4.78, 5) is 21.6. The minimum absolute atomic E-state index is 0.411. The molecule has 0 radical (unpaired) electrons. The molecule has 0 unspecified atom stereocenters. The third-order valence-electron chi connectivity index (χ3n) is 5.08. The number of methoxy groups -OCH3 is 4. The number of rotatable bonds is 16. The van der Waals surface area contributed by atoms with Crippen molar-refractivity contribution >= 4 is 24.1 Å². The van der Waals surface area contributed by atoms with Crippen molar-refractivity contribution in [2.75, 3.05) is 41.7 Å². The van der Waals surface area contributed by atoms with E-state index >= 15 is 0 Å². The van der Waals surface area contributed by atoms with Crippen molar-refractivity contribution in [3.63, 3.8) is 0 Å². The van der Waals surface area contributed by atoms with Gasteiger partial charge < -0.3 is 38.6 Å². The molecule has 0 amide bonds. The quantitative estimate of drug-likeness (QED) is 0.242. The molecule has 2 rings (SSSR count). The predicted octanol–water partition coefficient (Wildman–Crippen LogP) is 4.54. The van der Waals surface area contributed by atoms with Crippen molar-refractivity contribution in [3.8, 4) is 34.5 Å². The van der Waals surface area contributed by atoms with Gasteiger partial charge in [-0.15, -0.1) is 0 Å². The first-order chi connectivity index (χ1) is 17.8. The molecule has 0 aliphatic rings. The van der Waals surface area contributed by atoms with Gasteiger partial charge in [-0.3, -0.25) is 0 Å². The van der Waals surface area contributed by atoms with Gasteiger partial charge in [0.25, 0.3) is 0 Å². The van der Waals surface area contributed by atoms with Crippen LogP contribution in [-0.4, -0.2) is 63.8 Å². The van der Waals surface area contributed by atoms with Crippen molar-refractivity contribution in [2.24, 2.45) is 0 Å². The molecule has 10 nitrogen and oxygen atoms in total. The number of carboxylic acids is 2. The molecule has 0 aromatic heterocycles. The highest BCUT2D eigenvalue weighted by Gasteiger charge is 2.15. The molecule has 200 valence electrons. The summed E-state index contributed by atoms with van der Waals surface area (Å²) in [6.45, 7) is 0.822.